The maximum Gasteiger partial charge on any atom is 0.146 e. The Bertz CT molecular complexity index is 476. The number of fused-ring (bicyclic) bond motifs is 1. The van der Waals surface area contributed by atoms with Crippen LogP contribution in [0.25, 0.3) is 10.9 Å². The number of nitriles is 1. The van der Waals surface area contributed by atoms with Gasteiger partial charge < -0.3 is 0 Å². The molecule has 0 amide bonds. The highest BCUT2D eigenvalue weighted by Gasteiger charge is 2.07. The van der Waals surface area contributed by atoms with Gasteiger partial charge in [0.2, 0.25) is 0 Å². The number of hydrogen-bond acceptors (Lipinski definition) is 2. The van der Waals surface area contributed by atoms with E-state index in [0.29, 0.717) is 5.69 Å². The third-order valence-electron chi connectivity index (χ3n) is 2.05. The van der Waals surface area contributed by atoms with Crippen LogP contribution in [0.15, 0.2) is 24.3 Å². The highest BCUT2D eigenvalue weighted by atomic mass is 15.3. The maximum atomic E-state index is 8.93. The molecule has 0 unspecified atom stereocenters. The Balaban J connectivity index is 2.83. The average molecular weight is 171 g/mol. The van der Waals surface area contributed by atoms with Crippen molar-refractivity contribution in [2.75, 3.05) is 0 Å². The van der Waals surface area contributed by atoms with Gasteiger partial charge >= 0.3 is 0 Å². The molecule has 2 aromatic rings. The van der Waals surface area contributed by atoms with Crippen molar-refractivity contribution in [1.29, 1.82) is 5.26 Å². The smallest absolute Gasteiger partial charge is 0.146 e. The summed E-state index contributed by atoms with van der Waals surface area (Å²) in [5.74, 6) is 0. The van der Waals surface area contributed by atoms with Crippen molar-refractivity contribution >= 4 is 10.9 Å². The number of nitrogens with zero attached hydrogens (tertiary/aromatic N) is 3. The number of aromatic nitrogens is 2. The number of hydrogen-bond donors (Lipinski definition) is 0. The predicted octanol–water partition coefficient (Wildman–Crippen LogP) is 1.93. The minimum Gasteiger partial charge on any atom is -0.254 e. The standard InChI is InChI=1S/C10H9N3/c1-2-13-10(7-11)8-5-3-4-6-9(8)12-13/h3-6H,2H2,1H3. The van der Waals surface area contributed by atoms with Crippen molar-refractivity contribution in [3.63, 3.8) is 0 Å². The lowest BCUT2D eigenvalue weighted by Crippen LogP contribution is -1.98. The molecule has 13 heavy (non-hydrogen) atoms. The van der Waals surface area contributed by atoms with Gasteiger partial charge in [0.25, 0.3) is 0 Å². The zero-order valence-corrected chi connectivity index (χ0v) is 7.36. The van der Waals surface area contributed by atoms with Crippen LogP contribution in [0.5, 0.6) is 0 Å². The minimum atomic E-state index is 0.651. The molecule has 3 heteroatoms. The summed E-state index contributed by atoms with van der Waals surface area (Å²) in [5, 5.41) is 14.2. The fourth-order valence-corrected chi connectivity index (χ4v) is 1.43. The summed E-state index contributed by atoms with van der Waals surface area (Å²) < 4.78 is 1.73. The summed E-state index contributed by atoms with van der Waals surface area (Å²) in [7, 11) is 0. The quantitative estimate of drug-likeness (QED) is 0.657. The van der Waals surface area contributed by atoms with Crippen LogP contribution >= 0.6 is 0 Å². The zero-order valence-electron chi connectivity index (χ0n) is 7.36. The van der Waals surface area contributed by atoms with Gasteiger partial charge in [0, 0.05) is 11.9 Å². The molecule has 0 bridgehead atoms. The van der Waals surface area contributed by atoms with Gasteiger partial charge in [-0.05, 0) is 19.1 Å². The first-order valence-corrected chi connectivity index (χ1v) is 4.22. The van der Waals surface area contributed by atoms with E-state index < -0.39 is 0 Å². The summed E-state index contributed by atoms with van der Waals surface area (Å²) in [4.78, 5) is 0. The molecule has 1 aromatic carbocycles. The van der Waals surface area contributed by atoms with E-state index in [2.05, 4.69) is 11.2 Å². The van der Waals surface area contributed by atoms with Gasteiger partial charge in [-0.25, -0.2) is 0 Å². The van der Waals surface area contributed by atoms with Crippen molar-refractivity contribution < 1.29 is 0 Å². The number of aryl methyl sites for hydroxylation is 1. The summed E-state index contributed by atoms with van der Waals surface area (Å²) in [6.07, 6.45) is 0. The van der Waals surface area contributed by atoms with E-state index in [1.165, 1.54) is 0 Å². The molecule has 0 aliphatic rings. The Kier molecular flexibility index (Phi) is 1.75. The Morgan fingerprint density at radius 1 is 1.46 bits per heavy atom. The molecule has 1 heterocycles. The van der Waals surface area contributed by atoms with Gasteiger partial charge in [0.1, 0.15) is 11.8 Å². The number of benzene rings is 1. The molecular weight excluding hydrogens is 162 g/mol. The second-order valence-electron chi connectivity index (χ2n) is 2.79. The van der Waals surface area contributed by atoms with Crippen LogP contribution in [-0.4, -0.2) is 9.78 Å². The molecule has 0 spiro atoms. The molecule has 2 rings (SSSR count). The summed E-state index contributed by atoms with van der Waals surface area (Å²) in [5.41, 5.74) is 1.54. The molecule has 0 atom stereocenters. The molecular formula is C10H9N3. The van der Waals surface area contributed by atoms with Crippen molar-refractivity contribution in [2.45, 2.75) is 13.5 Å². The summed E-state index contributed by atoms with van der Waals surface area (Å²) in [6.45, 7) is 2.71. The van der Waals surface area contributed by atoms with E-state index in [1.807, 2.05) is 31.2 Å². The van der Waals surface area contributed by atoms with Crippen LogP contribution in [0.4, 0.5) is 0 Å². The lowest BCUT2D eigenvalue weighted by atomic mass is 10.2. The Labute approximate surface area is 76.2 Å². The molecule has 0 fully saturated rings. The Hall–Kier alpha value is -1.82. The Morgan fingerprint density at radius 2 is 2.23 bits per heavy atom. The molecule has 1 aromatic heterocycles. The van der Waals surface area contributed by atoms with E-state index in [-0.39, 0.29) is 0 Å². The normalized spacial score (nSPS) is 10.2. The van der Waals surface area contributed by atoms with E-state index in [4.69, 9.17) is 5.26 Å². The monoisotopic (exact) mass is 171 g/mol. The molecule has 3 nitrogen and oxygen atoms in total. The number of rotatable bonds is 1. The second-order valence-corrected chi connectivity index (χ2v) is 2.79. The van der Waals surface area contributed by atoms with Crippen LogP contribution in [0.1, 0.15) is 12.6 Å². The van der Waals surface area contributed by atoms with Gasteiger partial charge in [-0.2, -0.15) is 10.4 Å². The molecule has 0 saturated heterocycles. The molecule has 64 valence electrons. The van der Waals surface area contributed by atoms with Gasteiger partial charge in [0.05, 0.1) is 5.52 Å². The summed E-state index contributed by atoms with van der Waals surface area (Å²) >= 11 is 0. The molecule has 0 saturated carbocycles. The highest BCUT2D eigenvalue weighted by Crippen LogP contribution is 2.16. The molecule has 0 aliphatic heterocycles. The first-order chi connectivity index (χ1) is 6.36. The van der Waals surface area contributed by atoms with Crippen LogP contribution in [0.3, 0.4) is 0 Å². The lowest BCUT2D eigenvalue weighted by Gasteiger charge is -1.93. The van der Waals surface area contributed by atoms with E-state index in [1.54, 1.807) is 4.68 Å². The van der Waals surface area contributed by atoms with E-state index in [9.17, 15) is 0 Å². The van der Waals surface area contributed by atoms with Crippen LogP contribution < -0.4 is 0 Å². The molecule has 0 N–H and O–H groups in total. The maximum absolute atomic E-state index is 8.93. The van der Waals surface area contributed by atoms with E-state index >= 15 is 0 Å². The van der Waals surface area contributed by atoms with E-state index in [0.717, 1.165) is 17.4 Å². The fourth-order valence-electron chi connectivity index (χ4n) is 1.43. The van der Waals surface area contributed by atoms with Crippen molar-refractivity contribution in [3.8, 4) is 6.07 Å². The van der Waals surface area contributed by atoms with Crippen LogP contribution in [0.2, 0.25) is 0 Å². The van der Waals surface area contributed by atoms with Crippen molar-refractivity contribution in [1.82, 2.24) is 9.78 Å². The van der Waals surface area contributed by atoms with Crippen molar-refractivity contribution in [3.05, 3.63) is 30.0 Å². The highest BCUT2D eigenvalue weighted by molar-refractivity contribution is 5.83. The van der Waals surface area contributed by atoms with Crippen LogP contribution in [0, 0.1) is 11.3 Å². The van der Waals surface area contributed by atoms with Crippen molar-refractivity contribution in [2.24, 2.45) is 0 Å². The zero-order chi connectivity index (χ0) is 9.26. The van der Waals surface area contributed by atoms with Gasteiger partial charge in [0.15, 0.2) is 0 Å². The largest absolute Gasteiger partial charge is 0.254 e. The van der Waals surface area contributed by atoms with Crippen LogP contribution in [-0.2, 0) is 6.54 Å². The average Bonchev–Trinajstić information content (AvgIpc) is 2.55. The summed E-state index contributed by atoms with van der Waals surface area (Å²) in [6, 6.07) is 9.86. The second kappa shape index (κ2) is 2.91. The minimum absolute atomic E-state index is 0.651. The van der Waals surface area contributed by atoms with Gasteiger partial charge in [-0.3, -0.25) is 4.68 Å². The SMILES string of the molecule is CCn1nc2ccccc2c1C#N. The first-order valence-electron chi connectivity index (χ1n) is 4.22. The fraction of sp³-hybridized carbons (Fsp3) is 0.200. The predicted molar refractivity (Wildman–Crippen MR) is 50.1 cm³/mol. The van der Waals surface area contributed by atoms with Gasteiger partial charge in [-0.15, -0.1) is 0 Å². The lowest BCUT2D eigenvalue weighted by molar-refractivity contribution is 0.659. The third-order valence-corrected chi connectivity index (χ3v) is 2.05. The molecule has 0 aliphatic carbocycles. The molecule has 0 radical (unpaired) electrons. The first kappa shape index (κ1) is 7.81. The Morgan fingerprint density at radius 3 is 2.92 bits per heavy atom. The van der Waals surface area contributed by atoms with Gasteiger partial charge in [-0.1, -0.05) is 12.1 Å². The third kappa shape index (κ3) is 1.07. The topological polar surface area (TPSA) is 41.6 Å².